The van der Waals surface area contributed by atoms with Crippen LogP contribution in [0, 0.1) is 0 Å². The van der Waals surface area contributed by atoms with Crippen molar-refractivity contribution in [3.63, 3.8) is 0 Å². The standard InChI is InChI=1S/C32H40N6O3/c1-3-30(40)38-17-24-16-25(39)15-22(38)12-14-37(24)31-27-18-36(29-11-10-21-7-4-5-9-26(21)29)19-28(27)33-32(34-31)41-20-23-8-6-13-35(23)2/h3-5,7,9,22-24,29H,1,6,8,10-20H2,2H3/t22?,23-,24?,29?/m0/s1. The average Bonchev–Trinajstić information content (AvgIpc) is 3.65. The zero-order valence-electron chi connectivity index (χ0n) is 24.0. The summed E-state index contributed by atoms with van der Waals surface area (Å²) < 4.78 is 6.31. The number of benzene rings is 1. The van der Waals surface area contributed by atoms with Crippen molar-refractivity contribution < 1.29 is 14.3 Å². The van der Waals surface area contributed by atoms with Gasteiger partial charge in [0, 0.05) is 62.7 Å². The Morgan fingerprint density at radius 2 is 1.95 bits per heavy atom. The molecule has 216 valence electrons. The predicted molar refractivity (Wildman–Crippen MR) is 156 cm³/mol. The number of aromatic nitrogens is 2. The third-order valence-electron chi connectivity index (χ3n) is 10.0. The second kappa shape index (κ2) is 10.8. The fourth-order valence-corrected chi connectivity index (χ4v) is 7.80. The first-order valence-electron chi connectivity index (χ1n) is 15.2. The molecule has 1 aromatic heterocycles. The van der Waals surface area contributed by atoms with Crippen LogP contribution in [0.25, 0.3) is 0 Å². The third kappa shape index (κ3) is 4.93. The lowest BCUT2D eigenvalue weighted by molar-refractivity contribution is -0.128. The van der Waals surface area contributed by atoms with Gasteiger partial charge in [0.15, 0.2) is 0 Å². The summed E-state index contributed by atoms with van der Waals surface area (Å²) in [5.74, 6) is 0.991. The number of likely N-dealkylation sites (tertiary alicyclic amines) is 1. The number of hydrogen-bond acceptors (Lipinski definition) is 8. The molecule has 2 aromatic rings. The van der Waals surface area contributed by atoms with Crippen molar-refractivity contribution in [2.45, 2.75) is 82.2 Å². The summed E-state index contributed by atoms with van der Waals surface area (Å²) in [5, 5.41) is 0. The molecule has 7 rings (SSSR count). The average molecular weight is 557 g/mol. The number of fused-ring (bicyclic) bond motifs is 5. The summed E-state index contributed by atoms with van der Waals surface area (Å²) in [7, 11) is 2.15. The second-order valence-corrected chi connectivity index (χ2v) is 12.4. The van der Waals surface area contributed by atoms with Gasteiger partial charge in [-0.15, -0.1) is 0 Å². The molecule has 4 aliphatic heterocycles. The molecular formula is C32H40N6O3. The number of Topliss-reactive ketones (excluding diaryl/α,β-unsaturated/α-hetero) is 1. The number of carbonyl (C=O) groups is 2. The summed E-state index contributed by atoms with van der Waals surface area (Å²) >= 11 is 0. The maximum atomic E-state index is 13.0. The fourth-order valence-electron chi connectivity index (χ4n) is 7.80. The third-order valence-corrected chi connectivity index (χ3v) is 10.0. The molecule has 4 atom stereocenters. The zero-order valence-corrected chi connectivity index (χ0v) is 24.0. The lowest BCUT2D eigenvalue weighted by atomic mass is 10.0. The lowest BCUT2D eigenvalue weighted by Crippen LogP contribution is -2.44. The summed E-state index contributed by atoms with van der Waals surface area (Å²) in [6.07, 6.45) is 7.44. The number of carbonyl (C=O) groups excluding carboxylic acids is 2. The monoisotopic (exact) mass is 556 g/mol. The van der Waals surface area contributed by atoms with Gasteiger partial charge in [0.05, 0.1) is 11.7 Å². The van der Waals surface area contributed by atoms with Crippen LogP contribution in [-0.2, 0) is 29.1 Å². The van der Waals surface area contributed by atoms with E-state index in [2.05, 4.69) is 52.6 Å². The molecule has 2 bridgehead atoms. The Morgan fingerprint density at radius 1 is 1.10 bits per heavy atom. The minimum Gasteiger partial charge on any atom is -0.462 e. The topological polar surface area (TPSA) is 82.1 Å². The Kier molecular flexibility index (Phi) is 7.03. The van der Waals surface area contributed by atoms with Crippen LogP contribution >= 0.6 is 0 Å². The first-order chi connectivity index (χ1) is 20.0. The molecule has 41 heavy (non-hydrogen) atoms. The maximum absolute atomic E-state index is 13.0. The molecule has 0 radical (unpaired) electrons. The van der Waals surface area contributed by atoms with Crippen molar-refractivity contribution >= 4 is 17.5 Å². The van der Waals surface area contributed by atoms with Crippen LogP contribution in [0.15, 0.2) is 36.9 Å². The van der Waals surface area contributed by atoms with E-state index < -0.39 is 0 Å². The van der Waals surface area contributed by atoms with E-state index in [1.807, 2.05) is 4.90 Å². The van der Waals surface area contributed by atoms with Gasteiger partial charge in [0.1, 0.15) is 18.2 Å². The van der Waals surface area contributed by atoms with E-state index >= 15 is 0 Å². The number of aryl methyl sites for hydroxylation is 1. The predicted octanol–water partition coefficient (Wildman–Crippen LogP) is 3.28. The Hall–Kier alpha value is -3.30. The summed E-state index contributed by atoms with van der Waals surface area (Å²) in [6.45, 7) is 8.15. The van der Waals surface area contributed by atoms with Gasteiger partial charge >= 0.3 is 6.01 Å². The molecule has 1 amide bonds. The highest BCUT2D eigenvalue weighted by molar-refractivity contribution is 5.89. The molecule has 1 aliphatic carbocycles. The minimum absolute atomic E-state index is 0.0970. The molecule has 0 saturated carbocycles. The molecular weight excluding hydrogens is 516 g/mol. The molecule has 3 unspecified atom stereocenters. The molecule has 5 heterocycles. The first-order valence-corrected chi connectivity index (χ1v) is 15.2. The van der Waals surface area contributed by atoms with Crippen molar-refractivity contribution in [3.8, 4) is 6.01 Å². The Labute approximate surface area is 242 Å². The number of amides is 1. The van der Waals surface area contributed by atoms with Crippen LogP contribution < -0.4 is 9.64 Å². The van der Waals surface area contributed by atoms with Crippen LogP contribution in [0.1, 0.15) is 67.0 Å². The van der Waals surface area contributed by atoms with Crippen molar-refractivity contribution in [2.24, 2.45) is 0 Å². The van der Waals surface area contributed by atoms with Gasteiger partial charge in [0.25, 0.3) is 0 Å². The Balaban J connectivity index is 1.23. The number of nitrogens with zero attached hydrogens (tertiary/aromatic N) is 6. The molecule has 3 saturated heterocycles. The van der Waals surface area contributed by atoms with Gasteiger partial charge in [-0.2, -0.15) is 9.97 Å². The summed E-state index contributed by atoms with van der Waals surface area (Å²) in [5.41, 5.74) is 5.02. The van der Waals surface area contributed by atoms with Crippen LogP contribution in [0.4, 0.5) is 5.82 Å². The van der Waals surface area contributed by atoms with E-state index in [4.69, 9.17) is 14.7 Å². The molecule has 0 spiro atoms. The van der Waals surface area contributed by atoms with Gasteiger partial charge in [-0.3, -0.25) is 14.5 Å². The normalized spacial score (nSPS) is 28.0. The van der Waals surface area contributed by atoms with Crippen molar-refractivity contribution in [3.05, 3.63) is 59.3 Å². The van der Waals surface area contributed by atoms with Crippen molar-refractivity contribution in [1.82, 2.24) is 24.7 Å². The van der Waals surface area contributed by atoms with Crippen molar-refractivity contribution in [2.75, 3.05) is 38.2 Å². The summed E-state index contributed by atoms with van der Waals surface area (Å²) in [4.78, 5) is 44.9. The molecule has 3 fully saturated rings. The first kappa shape index (κ1) is 26.6. The fraction of sp³-hybridized carbons (Fsp3) is 0.562. The van der Waals surface area contributed by atoms with Crippen LogP contribution in [0.2, 0.25) is 0 Å². The molecule has 0 N–H and O–H groups in total. The second-order valence-electron chi connectivity index (χ2n) is 12.4. The highest BCUT2D eigenvalue weighted by Crippen LogP contribution is 2.43. The number of ketones is 1. The minimum atomic E-state index is -0.132. The largest absolute Gasteiger partial charge is 0.462 e. The number of anilines is 1. The van der Waals surface area contributed by atoms with Crippen LogP contribution in [0.5, 0.6) is 6.01 Å². The van der Waals surface area contributed by atoms with Crippen LogP contribution in [0.3, 0.4) is 0 Å². The Bertz CT molecular complexity index is 1360. The maximum Gasteiger partial charge on any atom is 0.318 e. The number of rotatable bonds is 6. The number of ether oxygens (including phenoxy) is 1. The summed E-state index contributed by atoms with van der Waals surface area (Å²) in [6, 6.07) is 9.71. The van der Waals surface area contributed by atoms with Crippen molar-refractivity contribution in [1.29, 1.82) is 0 Å². The molecule has 5 aliphatic rings. The van der Waals surface area contributed by atoms with E-state index in [0.29, 0.717) is 44.1 Å². The SMILES string of the molecule is C=CC(=O)N1CC2CC(=O)CC1CCN2c1nc(OC[C@@H]2CCCN2C)nc2c1CN(C1CCc3ccccc31)C2. The highest BCUT2D eigenvalue weighted by atomic mass is 16.5. The molecule has 1 aromatic carbocycles. The van der Waals surface area contributed by atoms with Gasteiger partial charge in [-0.05, 0) is 62.9 Å². The molecule has 9 nitrogen and oxygen atoms in total. The van der Waals surface area contributed by atoms with E-state index in [1.165, 1.54) is 23.6 Å². The Morgan fingerprint density at radius 3 is 2.78 bits per heavy atom. The van der Waals surface area contributed by atoms with E-state index in [-0.39, 0.29) is 23.8 Å². The number of hydrogen-bond donors (Lipinski definition) is 0. The quantitative estimate of drug-likeness (QED) is 0.502. The number of likely N-dealkylation sites (N-methyl/N-ethyl adjacent to an activating group) is 1. The van der Waals surface area contributed by atoms with Crippen LogP contribution in [-0.4, -0.2) is 87.8 Å². The lowest BCUT2D eigenvalue weighted by Gasteiger charge is -2.33. The zero-order chi connectivity index (χ0) is 28.1. The van der Waals surface area contributed by atoms with E-state index in [0.717, 1.165) is 68.9 Å². The van der Waals surface area contributed by atoms with Gasteiger partial charge in [0.2, 0.25) is 5.91 Å². The van der Waals surface area contributed by atoms with Gasteiger partial charge < -0.3 is 19.4 Å². The van der Waals surface area contributed by atoms with E-state index in [1.54, 1.807) is 0 Å². The van der Waals surface area contributed by atoms with Gasteiger partial charge in [-0.1, -0.05) is 30.8 Å². The van der Waals surface area contributed by atoms with Gasteiger partial charge in [-0.25, -0.2) is 0 Å². The smallest absolute Gasteiger partial charge is 0.318 e. The van der Waals surface area contributed by atoms with E-state index in [9.17, 15) is 9.59 Å². The highest BCUT2D eigenvalue weighted by Gasteiger charge is 2.41. The molecule has 9 heteroatoms.